The normalized spacial score (nSPS) is 21.7. The summed E-state index contributed by atoms with van der Waals surface area (Å²) in [4.78, 5) is 4.21. The number of pyridine rings is 1. The van der Waals surface area contributed by atoms with E-state index in [2.05, 4.69) is 20.9 Å². The first kappa shape index (κ1) is 10.0. The van der Waals surface area contributed by atoms with Gasteiger partial charge in [0.2, 0.25) is 0 Å². The van der Waals surface area contributed by atoms with Crippen molar-refractivity contribution in [1.29, 1.82) is 0 Å². The van der Waals surface area contributed by atoms with Gasteiger partial charge in [0.05, 0.1) is 0 Å². The molecule has 2 nitrogen and oxygen atoms in total. The van der Waals surface area contributed by atoms with Crippen molar-refractivity contribution < 1.29 is 4.57 Å². The maximum atomic E-state index is 13.0. The Morgan fingerprint density at radius 2 is 1.80 bits per heavy atom. The van der Waals surface area contributed by atoms with E-state index in [9.17, 15) is 4.57 Å². The standard InChI is InChI=1S/C11H13BrNOP/c12-11-6-5-10(7-13-11)15(14,8-1-2-8)9-3-4-9/h5-9H,1-4H2. The van der Waals surface area contributed by atoms with Gasteiger partial charge in [0.1, 0.15) is 11.7 Å². The molecule has 0 radical (unpaired) electrons. The number of halogens is 1. The van der Waals surface area contributed by atoms with Crippen LogP contribution in [0.5, 0.6) is 0 Å². The fourth-order valence-corrected chi connectivity index (χ4v) is 6.26. The van der Waals surface area contributed by atoms with E-state index < -0.39 is 7.14 Å². The van der Waals surface area contributed by atoms with Crippen molar-refractivity contribution >= 4 is 28.4 Å². The predicted molar refractivity (Wildman–Crippen MR) is 65.2 cm³/mol. The second-order valence-corrected chi connectivity index (χ2v) is 8.72. The van der Waals surface area contributed by atoms with E-state index in [0.717, 1.165) is 35.6 Å². The van der Waals surface area contributed by atoms with Crippen LogP contribution in [0.4, 0.5) is 0 Å². The first-order chi connectivity index (χ1) is 7.21. The number of aromatic nitrogens is 1. The van der Waals surface area contributed by atoms with Crippen LogP contribution in [0.2, 0.25) is 0 Å². The van der Waals surface area contributed by atoms with Crippen LogP contribution in [0.3, 0.4) is 0 Å². The van der Waals surface area contributed by atoms with E-state index in [1.807, 2.05) is 18.3 Å². The molecule has 1 aromatic heterocycles. The quantitative estimate of drug-likeness (QED) is 0.631. The first-order valence-corrected chi connectivity index (χ1v) is 8.06. The van der Waals surface area contributed by atoms with Gasteiger partial charge in [-0.3, -0.25) is 0 Å². The molecular weight excluding hydrogens is 273 g/mol. The molecule has 1 heterocycles. The highest BCUT2D eigenvalue weighted by atomic mass is 79.9. The Morgan fingerprint density at radius 3 is 2.20 bits per heavy atom. The minimum atomic E-state index is -2.10. The highest BCUT2D eigenvalue weighted by molar-refractivity contribution is 9.10. The monoisotopic (exact) mass is 285 g/mol. The summed E-state index contributed by atoms with van der Waals surface area (Å²) in [5.74, 6) is 0. The molecule has 2 fully saturated rings. The zero-order valence-electron chi connectivity index (χ0n) is 8.40. The Labute approximate surface area is 98.0 Å². The summed E-state index contributed by atoms with van der Waals surface area (Å²) in [5.41, 5.74) is 0.959. The molecule has 0 aromatic carbocycles. The van der Waals surface area contributed by atoms with Crippen molar-refractivity contribution in [2.75, 3.05) is 0 Å². The molecule has 3 rings (SSSR count). The predicted octanol–water partition coefficient (Wildman–Crippen LogP) is 3.16. The lowest BCUT2D eigenvalue weighted by atomic mass is 10.5. The minimum absolute atomic E-state index is 0.480. The average molecular weight is 286 g/mol. The van der Waals surface area contributed by atoms with E-state index in [4.69, 9.17) is 0 Å². The molecule has 15 heavy (non-hydrogen) atoms. The minimum Gasteiger partial charge on any atom is -0.318 e. The molecule has 0 unspecified atom stereocenters. The van der Waals surface area contributed by atoms with Crippen molar-refractivity contribution in [3.63, 3.8) is 0 Å². The molecule has 2 saturated carbocycles. The second-order valence-electron chi connectivity index (χ2n) is 4.51. The van der Waals surface area contributed by atoms with Gasteiger partial charge in [0, 0.05) is 22.8 Å². The highest BCUT2D eigenvalue weighted by Gasteiger charge is 2.51. The van der Waals surface area contributed by atoms with Crippen LogP contribution < -0.4 is 5.30 Å². The highest BCUT2D eigenvalue weighted by Crippen LogP contribution is 2.69. The largest absolute Gasteiger partial charge is 0.318 e. The Bertz CT molecular complexity index is 407. The van der Waals surface area contributed by atoms with Crippen LogP contribution in [0.1, 0.15) is 25.7 Å². The van der Waals surface area contributed by atoms with E-state index in [1.165, 1.54) is 0 Å². The maximum Gasteiger partial charge on any atom is 0.123 e. The van der Waals surface area contributed by atoms with Gasteiger partial charge in [-0.2, -0.15) is 0 Å². The third-order valence-electron chi connectivity index (χ3n) is 3.29. The van der Waals surface area contributed by atoms with Crippen LogP contribution in [0.25, 0.3) is 0 Å². The van der Waals surface area contributed by atoms with Gasteiger partial charge in [-0.05, 0) is 53.7 Å². The molecule has 4 heteroatoms. The lowest BCUT2D eigenvalue weighted by molar-refractivity contribution is 0.579. The fourth-order valence-electron chi connectivity index (χ4n) is 2.21. The number of rotatable bonds is 3. The van der Waals surface area contributed by atoms with Crippen LogP contribution in [0.15, 0.2) is 22.9 Å². The number of nitrogens with zero attached hydrogens (tertiary/aromatic N) is 1. The number of hydrogen-bond acceptors (Lipinski definition) is 2. The third-order valence-corrected chi connectivity index (χ3v) is 8.04. The lowest BCUT2D eigenvalue weighted by Crippen LogP contribution is -2.12. The molecule has 0 spiro atoms. The second kappa shape index (κ2) is 3.43. The van der Waals surface area contributed by atoms with Crippen LogP contribution in [-0.2, 0) is 4.57 Å². The Morgan fingerprint density at radius 1 is 1.20 bits per heavy atom. The molecule has 0 aliphatic heterocycles. The SMILES string of the molecule is O=P(c1ccc(Br)nc1)(C1CC1)C1CC1. The molecule has 0 amide bonds. The number of hydrogen-bond donors (Lipinski definition) is 0. The molecule has 2 aliphatic carbocycles. The Hall–Kier alpha value is -0.140. The first-order valence-electron chi connectivity index (χ1n) is 5.43. The maximum absolute atomic E-state index is 13.0. The lowest BCUT2D eigenvalue weighted by Gasteiger charge is -2.16. The zero-order chi connectivity index (χ0) is 10.5. The van der Waals surface area contributed by atoms with Crippen molar-refractivity contribution in [3.8, 4) is 0 Å². The van der Waals surface area contributed by atoms with E-state index in [-0.39, 0.29) is 0 Å². The van der Waals surface area contributed by atoms with Crippen molar-refractivity contribution in [1.82, 2.24) is 4.98 Å². The van der Waals surface area contributed by atoms with E-state index in [1.54, 1.807) is 0 Å². The molecule has 1 aromatic rings. The van der Waals surface area contributed by atoms with Gasteiger partial charge in [-0.1, -0.05) is 0 Å². The molecule has 0 atom stereocenters. The van der Waals surface area contributed by atoms with Crippen molar-refractivity contribution in [2.45, 2.75) is 37.0 Å². The molecule has 0 bridgehead atoms. The van der Waals surface area contributed by atoms with E-state index >= 15 is 0 Å². The summed E-state index contributed by atoms with van der Waals surface area (Å²) < 4.78 is 13.8. The smallest absolute Gasteiger partial charge is 0.123 e. The van der Waals surface area contributed by atoms with Gasteiger partial charge in [-0.25, -0.2) is 4.98 Å². The van der Waals surface area contributed by atoms with Gasteiger partial charge in [-0.15, -0.1) is 0 Å². The molecule has 2 aliphatic rings. The molecule has 0 saturated heterocycles. The summed E-state index contributed by atoms with van der Waals surface area (Å²) >= 11 is 3.32. The molecule has 0 N–H and O–H groups in total. The summed E-state index contributed by atoms with van der Waals surface area (Å²) in [7, 11) is -2.10. The van der Waals surface area contributed by atoms with Crippen LogP contribution >= 0.6 is 23.1 Å². The van der Waals surface area contributed by atoms with Crippen molar-refractivity contribution in [2.24, 2.45) is 0 Å². The van der Waals surface area contributed by atoms with Crippen LogP contribution in [0, 0.1) is 0 Å². The summed E-state index contributed by atoms with van der Waals surface area (Å²) in [6, 6.07) is 3.90. The van der Waals surface area contributed by atoms with Gasteiger partial charge in [0.25, 0.3) is 0 Å². The summed E-state index contributed by atoms with van der Waals surface area (Å²) in [6.45, 7) is 0. The van der Waals surface area contributed by atoms with Gasteiger partial charge < -0.3 is 4.57 Å². The third kappa shape index (κ3) is 1.70. The Balaban J connectivity index is 2.01. The molecule has 80 valence electrons. The Kier molecular flexibility index (Phi) is 2.29. The summed E-state index contributed by atoms with van der Waals surface area (Å²) in [5, 5.41) is 1.01. The van der Waals surface area contributed by atoms with Crippen LogP contribution in [-0.4, -0.2) is 16.3 Å². The fraction of sp³-hybridized carbons (Fsp3) is 0.545. The van der Waals surface area contributed by atoms with Crippen molar-refractivity contribution in [3.05, 3.63) is 22.9 Å². The summed E-state index contributed by atoms with van der Waals surface area (Å²) in [6.07, 6.45) is 6.43. The topological polar surface area (TPSA) is 30.0 Å². The molecular formula is C11H13BrNOP. The van der Waals surface area contributed by atoms with Gasteiger partial charge in [0.15, 0.2) is 0 Å². The zero-order valence-corrected chi connectivity index (χ0v) is 10.9. The van der Waals surface area contributed by atoms with Gasteiger partial charge >= 0.3 is 0 Å². The average Bonchev–Trinajstić information content (AvgIpc) is 3.07. The van der Waals surface area contributed by atoms with E-state index in [0.29, 0.717) is 11.3 Å².